The molecular formula is C28H35N2O3S2. The fourth-order valence-corrected chi connectivity index (χ4v) is 5.01. The maximum atomic E-state index is 13.7. The summed E-state index contributed by atoms with van der Waals surface area (Å²) in [5.74, 6) is -0.0867. The molecule has 3 aromatic rings. The lowest BCUT2D eigenvalue weighted by molar-refractivity contribution is -0.135. The number of rotatable bonds is 12. The summed E-state index contributed by atoms with van der Waals surface area (Å²) >= 11 is 3.23. The van der Waals surface area contributed by atoms with E-state index in [4.69, 9.17) is 4.74 Å². The monoisotopic (exact) mass is 511 g/mol. The van der Waals surface area contributed by atoms with Crippen molar-refractivity contribution in [2.45, 2.75) is 71.2 Å². The number of carbonyl (C=O) groups is 2. The minimum atomic E-state index is -0.646. The number of ether oxygens (including phenoxy) is 1. The van der Waals surface area contributed by atoms with E-state index in [9.17, 15) is 9.59 Å². The van der Waals surface area contributed by atoms with Crippen LogP contribution in [-0.4, -0.2) is 28.5 Å². The molecule has 0 unspecified atom stereocenters. The topological polar surface area (TPSA) is 58.6 Å². The molecule has 0 aliphatic heterocycles. The van der Waals surface area contributed by atoms with Gasteiger partial charge in [0.15, 0.2) is 0 Å². The van der Waals surface area contributed by atoms with Gasteiger partial charge in [-0.05, 0) is 96.8 Å². The number of nitrogens with zero attached hydrogens (tertiary/aromatic N) is 1. The van der Waals surface area contributed by atoms with Crippen molar-refractivity contribution < 1.29 is 14.3 Å². The van der Waals surface area contributed by atoms with Gasteiger partial charge in [0.2, 0.25) is 5.91 Å². The molecule has 0 fully saturated rings. The molecular weight excluding hydrogens is 476 g/mol. The molecule has 0 aliphatic rings. The normalized spacial score (nSPS) is 12.2. The van der Waals surface area contributed by atoms with E-state index in [1.807, 2.05) is 66.8 Å². The number of unbranched alkanes of at least 4 members (excludes halogenated alkanes) is 2. The van der Waals surface area contributed by atoms with Crippen LogP contribution in [0.4, 0.5) is 4.79 Å². The first-order chi connectivity index (χ1) is 16.8. The molecule has 5 nitrogen and oxygen atoms in total. The van der Waals surface area contributed by atoms with Crippen LogP contribution in [0.15, 0.2) is 64.0 Å². The van der Waals surface area contributed by atoms with Gasteiger partial charge < -0.3 is 15.0 Å². The van der Waals surface area contributed by atoms with Gasteiger partial charge in [0.25, 0.3) is 0 Å². The fourth-order valence-electron chi connectivity index (χ4n) is 3.69. The lowest BCUT2D eigenvalue weighted by Crippen LogP contribution is -2.49. The van der Waals surface area contributed by atoms with Crippen LogP contribution >= 0.6 is 22.7 Å². The summed E-state index contributed by atoms with van der Waals surface area (Å²) in [7, 11) is 0. The van der Waals surface area contributed by atoms with Crippen LogP contribution in [0.2, 0.25) is 0 Å². The highest BCUT2D eigenvalue weighted by Crippen LogP contribution is 2.18. The fraction of sp³-hybridized carbons (Fsp3) is 0.393. The van der Waals surface area contributed by atoms with E-state index < -0.39 is 17.7 Å². The third kappa shape index (κ3) is 9.86. The minimum Gasteiger partial charge on any atom is -0.444 e. The van der Waals surface area contributed by atoms with Gasteiger partial charge in [-0.2, -0.15) is 22.7 Å². The van der Waals surface area contributed by atoms with Crippen molar-refractivity contribution in [3.63, 3.8) is 0 Å². The Morgan fingerprint density at radius 2 is 1.60 bits per heavy atom. The van der Waals surface area contributed by atoms with Crippen molar-refractivity contribution in [3.05, 3.63) is 87.1 Å². The molecule has 1 aromatic carbocycles. The number of hydrogen-bond donors (Lipinski definition) is 1. The van der Waals surface area contributed by atoms with Gasteiger partial charge in [-0.3, -0.25) is 4.79 Å². The van der Waals surface area contributed by atoms with Crippen LogP contribution in [0.1, 0.15) is 56.7 Å². The molecule has 0 bridgehead atoms. The Bertz CT molecular complexity index is 976. The minimum absolute atomic E-state index is 0.0867. The highest BCUT2D eigenvalue weighted by molar-refractivity contribution is 7.08. The highest BCUT2D eigenvalue weighted by Gasteiger charge is 2.28. The second kappa shape index (κ2) is 13.4. The molecule has 187 valence electrons. The van der Waals surface area contributed by atoms with E-state index in [1.165, 1.54) is 5.56 Å². The van der Waals surface area contributed by atoms with Gasteiger partial charge >= 0.3 is 6.09 Å². The van der Waals surface area contributed by atoms with Crippen molar-refractivity contribution in [2.75, 3.05) is 0 Å². The number of alkyl carbamates (subject to hydrolysis) is 1. The number of carbonyl (C=O) groups excluding carboxylic acids is 2. The third-order valence-corrected chi connectivity index (χ3v) is 6.80. The van der Waals surface area contributed by atoms with Gasteiger partial charge in [-0.25, -0.2) is 4.79 Å². The van der Waals surface area contributed by atoms with E-state index in [0.29, 0.717) is 19.5 Å². The molecule has 1 radical (unpaired) electrons. The molecule has 3 rings (SSSR count). The molecule has 1 atom stereocenters. The van der Waals surface area contributed by atoms with Crippen LogP contribution in [0.3, 0.4) is 0 Å². The zero-order valence-electron chi connectivity index (χ0n) is 20.7. The van der Waals surface area contributed by atoms with Crippen molar-refractivity contribution in [2.24, 2.45) is 0 Å². The zero-order valence-corrected chi connectivity index (χ0v) is 22.4. The van der Waals surface area contributed by atoms with Crippen molar-refractivity contribution in [3.8, 4) is 0 Å². The van der Waals surface area contributed by atoms with Crippen LogP contribution in [0.5, 0.6) is 0 Å². The van der Waals surface area contributed by atoms with Gasteiger partial charge in [0.05, 0.1) is 0 Å². The van der Waals surface area contributed by atoms with Gasteiger partial charge in [-0.15, -0.1) is 0 Å². The average Bonchev–Trinajstić information content (AvgIpc) is 3.51. The van der Waals surface area contributed by atoms with E-state index in [0.717, 1.165) is 30.4 Å². The summed E-state index contributed by atoms with van der Waals surface area (Å²) < 4.78 is 5.47. The standard InChI is InChI=1S/C28H35N2O3S2/c1-28(2,3)33-27(32)29-25(13-9-5-8-12-22-10-6-4-7-11-22)26(31)30(18-23-14-16-34-20-23)19-24-15-17-35-21-24/h4,6-8,10-11,14-17,20-21,25H,5,9,12-13,18-19H2,1-3H3,(H,29,32)/t25-/m0/s1. The molecule has 0 saturated heterocycles. The summed E-state index contributed by atoms with van der Waals surface area (Å²) in [6, 6.07) is 13.7. The molecule has 0 aliphatic carbocycles. The number of amides is 2. The first-order valence-electron chi connectivity index (χ1n) is 12.0. The average molecular weight is 512 g/mol. The summed E-state index contributed by atoms with van der Waals surface area (Å²) in [5, 5.41) is 11.0. The Morgan fingerprint density at radius 1 is 0.971 bits per heavy atom. The maximum absolute atomic E-state index is 13.7. The molecule has 2 aromatic heterocycles. The lowest BCUT2D eigenvalue weighted by atomic mass is 10.0. The lowest BCUT2D eigenvalue weighted by Gasteiger charge is -2.29. The van der Waals surface area contributed by atoms with E-state index in [2.05, 4.69) is 34.6 Å². The Labute approximate surface area is 217 Å². The zero-order chi connectivity index (χ0) is 25.1. The summed E-state index contributed by atoms with van der Waals surface area (Å²) in [6.45, 7) is 6.47. The van der Waals surface area contributed by atoms with E-state index in [-0.39, 0.29) is 5.91 Å². The molecule has 35 heavy (non-hydrogen) atoms. The molecule has 0 saturated carbocycles. The van der Waals surface area contributed by atoms with Crippen LogP contribution in [-0.2, 0) is 29.0 Å². The predicted octanol–water partition coefficient (Wildman–Crippen LogP) is 6.85. The van der Waals surface area contributed by atoms with Crippen molar-refractivity contribution >= 4 is 34.7 Å². The second-order valence-corrected chi connectivity index (χ2v) is 11.1. The first-order valence-corrected chi connectivity index (χ1v) is 13.8. The molecule has 0 spiro atoms. The smallest absolute Gasteiger partial charge is 0.408 e. The first kappa shape index (κ1) is 27.0. The number of hydrogen-bond acceptors (Lipinski definition) is 5. The van der Waals surface area contributed by atoms with Crippen LogP contribution in [0, 0.1) is 6.42 Å². The summed E-state index contributed by atoms with van der Waals surface area (Å²) in [6.07, 6.45) is 4.77. The predicted molar refractivity (Wildman–Crippen MR) is 144 cm³/mol. The summed E-state index contributed by atoms with van der Waals surface area (Å²) in [4.78, 5) is 28.2. The largest absolute Gasteiger partial charge is 0.444 e. The Hall–Kier alpha value is -2.64. The van der Waals surface area contributed by atoms with Gasteiger partial charge in [0.1, 0.15) is 11.6 Å². The molecule has 7 heteroatoms. The van der Waals surface area contributed by atoms with Crippen molar-refractivity contribution in [1.82, 2.24) is 10.2 Å². The molecule has 2 amide bonds. The Kier molecular flexibility index (Phi) is 10.4. The molecule has 2 heterocycles. The number of benzene rings is 1. The van der Waals surface area contributed by atoms with Gasteiger partial charge in [0, 0.05) is 13.1 Å². The third-order valence-electron chi connectivity index (χ3n) is 5.33. The number of nitrogens with one attached hydrogen (secondary N) is 1. The highest BCUT2D eigenvalue weighted by atomic mass is 32.1. The van der Waals surface area contributed by atoms with Crippen LogP contribution in [0.25, 0.3) is 0 Å². The Balaban J connectivity index is 1.66. The quantitative estimate of drug-likeness (QED) is 0.271. The SMILES string of the molecule is CC(C)(C)OC(=O)N[C@@H](CCC[CH]Cc1ccccc1)C(=O)N(Cc1ccsc1)Cc1ccsc1. The van der Waals surface area contributed by atoms with Crippen molar-refractivity contribution in [1.29, 1.82) is 0 Å². The maximum Gasteiger partial charge on any atom is 0.408 e. The second-order valence-electron chi connectivity index (χ2n) is 9.57. The Morgan fingerprint density at radius 3 is 2.14 bits per heavy atom. The van der Waals surface area contributed by atoms with Crippen LogP contribution < -0.4 is 5.32 Å². The molecule has 1 N–H and O–H groups in total. The van der Waals surface area contributed by atoms with E-state index >= 15 is 0 Å². The van der Waals surface area contributed by atoms with Gasteiger partial charge in [-0.1, -0.05) is 36.8 Å². The summed E-state index contributed by atoms with van der Waals surface area (Å²) in [5.41, 5.74) is 2.81. The van der Waals surface area contributed by atoms with E-state index in [1.54, 1.807) is 22.7 Å². The number of thiophene rings is 2.